The summed E-state index contributed by atoms with van der Waals surface area (Å²) in [5.74, 6) is -0.430. The third-order valence-corrected chi connectivity index (χ3v) is 3.20. The van der Waals surface area contributed by atoms with Crippen molar-refractivity contribution in [1.29, 1.82) is 0 Å². The lowest BCUT2D eigenvalue weighted by Crippen LogP contribution is -2.15. The second-order valence-corrected chi connectivity index (χ2v) is 4.33. The summed E-state index contributed by atoms with van der Waals surface area (Å²) in [6, 6.07) is 3.54. The molecule has 0 radical (unpaired) electrons. The minimum absolute atomic E-state index is 0.185. The predicted octanol–water partition coefficient (Wildman–Crippen LogP) is 2.05. The van der Waals surface area contributed by atoms with E-state index in [0.717, 1.165) is 10.9 Å². The van der Waals surface area contributed by atoms with E-state index in [1.54, 1.807) is 26.0 Å². The Hall–Kier alpha value is -2.30. The Morgan fingerprint density at radius 3 is 2.58 bits per heavy atom. The predicted molar refractivity (Wildman–Crippen MR) is 69.8 cm³/mol. The van der Waals surface area contributed by atoms with Crippen LogP contribution in [0.2, 0.25) is 0 Å². The van der Waals surface area contributed by atoms with Crippen LogP contribution in [-0.4, -0.2) is 18.2 Å². The number of methoxy groups -OCH3 is 1. The number of benzene rings is 1. The van der Waals surface area contributed by atoms with Gasteiger partial charge in [-0.2, -0.15) is 0 Å². The first-order chi connectivity index (χ1) is 8.95. The summed E-state index contributed by atoms with van der Waals surface area (Å²) < 4.78 is 10.4. The van der Waals surface area contributed by atoms with Crippen LogP contribution in [0.3, 0.4) is 0 Å². The zero-order valence-electron chi connectivity index (χ0n) is 10.9. The molecule has 19 heavy (non-hydrogen) atoms. The number of hydrogen-bond acceptors (Lipinski definition) is 4. The monoisotopic (exact) mass is 262 g/mol. The van der Waals surface area contributed by atoms with Gasteiger partial charge >= 0.3 is 11.6 Å². The number of hydrogen-bond donors (Lipinski definition) is 1. The fraction of sp³-hybridized carbons (Fsp3) is 0.286. The van der Waals surface area contributed by atoms with E-state index in [9.17, 15) is 9.59 Å². The van der Waals surface area contributed by atoms with Crippen LogP contribution in [0.5, 0.6) is 5.75 Å². The molecule has 0 amide bonds. The maximum Gasteiger partial charge on any atom is 0.340 e. The molecule has 1 aromatic carbocycles. The lowest BCUT2D eigenvalue weighted by molar-refractivity contribution is -0.136. The van der Waals surface area contributed by atoms with Crippen molar-refractivity contribution < 1.29 is 19.1 Å². The van der Waals surface area contributed by atoms with E-state index in [2.05, 4.69) is 0 Å². The van der Waals surface area contributed by atoms with Crippen molar-refractivity contribution >= 4 is 16.9 Å². The summed E-state index contributed by atoms with van der Waals surface area (Å²) in [6.45, 7) is 3.52. The highest BCUT2D eigenvalue weighted by atomic mass is 16.5. The molecule has 0 fully saturated rings. The summed E-state index contributed by atoms with van der Waals surface area (Å²) in [7, 11) is 1.54. The maximum absolute atomic E-state index is 11.9. The van der Waals surface area contributed by atoms with Crippen molar-refractivity contribution in [2.45, 2.75) is 20.3 Å². The summed E-state index contributed by atoms with van der Waals surface area (Å²) >= 11 is 0. The Morgan fingerprint density at radius 1 is 1.32 bits per heavy atom. The second kappa shape index (κ2) is 4.76. The van der Waals surface area contributed by atoms with Crippen molar-refractivity contribution in [3.8, 4) is 5.75 Å². The highest BCUT2D eigenvalue weighted by Crippen LogP contribution is 2.29. The van der Waals surface area contributed by atoms with E-state index < -0.39 is 11.6 Å². The number of aliphatic carboxylic acids is 1. The zero-order chi connectivity index (χ0) is 14.2. The van der Waals surface area contributed by atoms with Gasteiger partial charge in [0.15, 0.2) is 0 Å². The van der Waals surface area contributed by atoms with Crippen LogP contribution < -0.4 is 10.4 Å². The molecular formula is C14H14O5. The molecule has 5 heteroatoms. The molecule has 2 aromatic rings. The molecule has 0 bridgehead atoms. The Kier molecular flexibility index (Phi) is 3.29. The Bertz CT molecular complexity index is 712. The number of carboxylic acids is 1. The minimum Gasteiger partial charge on any atom is -0.496 e. The van der Waals surface area contributed by atoms with Crippen LogP contribution in [0.15, 0.2) is 21.3 Å². The van der Waals surface area contributed by atoms with Gasteiger partial charge in [0, 0.05) is 10.9 Å². The van der Waals surface area contributed by atoms with Gasteiger partial charge in [-0.25, -0.2) is 4.79 Å². The standard InChI is InChI=1S/C14H14O5/c1-7-9-4-5-11(18-3)8(2)13(9)19-14(17)10(7)6-12(15)16/h4-5H,6H2,1-3H3,(H,15,16). The molecule has 2 rings (SSSR count). The number of carboxylic acid groups (broad SMARTS) is 1. The van der Waals surface area contributed by atoms with E-state index in [1.807, 2.05) is 0 Å². The van der Waals surface area contributed by atoms with E-state index in [4.69, 9.17) is 14.3 Å². The molecule has 5 nitrogen and oxygen atoms in total. The second-order valence-electron chi connectivity index (χ2n) is 4.33. The van der Waals surface area contributed by atoms with Crippen LogP contribution in [0.4, 0.5) is 0 Å². The molecule has 1 N–H and O–H groups in total. The average Bonchev–Trinajstić information content (AvgIpc) is 2.35. The van der Waals surface area contributed by atoms with E-state index in [0.29, 0.717) is 16.9 Å². The number of ether oxygens (including phenoxy) is 1. The number of carbonyl (C=O) groups is 1. The average molecular weight is 262 g/mol. The van der Waals surface area contributed by atoms with E-state index >= 15 is 0 Å². The quantitative estimate of drug-likeness (QED) is 0.856. The molecule has 1 aromatic heterocycles. The van der Waals surface area contributed by atoms with Gasteiger partial charge < -0.3 is 14.3 Å². The normalized spacial score (nSPS) is 10.7. The third kappa shape index (κ3) is 2.19. The summed E-state index contributed by atoms with van der Waals surface area (Å²) in [6.07, 6.45) is -0.338. The minimum atomic E-state index is -1.06. The molecular weight excluding hydrogens is 248 g/mol. The van der Waals surface area contributed by atoms with Crippen molar-refractivity contribution in [2.24, 2.45) is 0 Å². The van der Waals surface area contributed by atoms with Crippen molar-refractivity contribution in [3.05, 3.63) is 39.2 Å². The first kappa shape index (κ1) is 13.1. The maximum atomic E-state index is 11.9. The fourth-order valence-electron chi connectivity index (χ4n) is 2.15. The molecule has 0 atom stereocenters. The van der Waals surface area contributed by atoms with Crippen molar-refractivity contribution in [1.82, 2.24) is 0 Å². The molecule has 0 unspecified atom stereocenters. The number of fused-ring (bicyclic) bond motifs is 1. The molecule has 0 spiro atoms. The SMILES string of the molecule is COc1ccc2c(C)c(CC(=O)O)c(=O)oc2c1C. The molecule has 0 aliphatic carbocycles. The largest absolute Gasteiger partial charge is 0.496 e. The zero-order valence-corrected chi connectivity index (χ0v) is 10.9. The third-order valence-electron chi connectivity index (χ3n) is 3.20. The van der Waals surface area contributed by atoms with Gasteiger partial charge in [0.2, 0.25) is 0 Å². The highest BCUT2D eigenvalue weighted by Gasteiger charge is 2.16. The Balaban J connectivity index is 2.80. The van der Waals surface area contributed by atoms with Crippen LogP contribution in [0.1, 0.15) is 16.7 Å². The fourth-order valence-corrected chi connectivity index (χ4v) is 2.15. The molecule has 0 saturated carbocycles. The first-order valence-electron chi connectivity index (χ1n) is 5.77. The number of rotatable bonds is 3. The van der Waals surface area contributed by atoms with Crippen molar-refractivity contribution in [3.63, 3.8) is 0 Å². The molecule has 0 aliphatic rings. The van der Waals surface area contributed by atoms with Gasteiger partial charge in [-0.05, 0) is 31.5 Å². The lowest BCUT2D eigenvalue weighted by Gasteiger charge is -2.10. The lowest BCUT2D eigenvalue weighted by atomic mass is 10.0. The van der Waals surface area contributed by atoms with Gasteiger partial charge in [-0.1, -0.05) is 0 Å². The summed E-state index contributed by atoms with van der Waals surface area (Å²) in [5.41, 5.74) is 1.38. The topological polar surface area (TPSA) is 76.7 Å². The smallest absolute Gasteiger partial charge is 0.340 e. The Labute approximate surface area is 109 Å². The molecule has 1 heterocycles. The van der Waals surface area contributed by atoms with Gasteiger partial charge in [0.1, 0.15) is 11.3 Å². The van der Waals surface area contributed by atoms with Crippen LogP contribution >= 0.6 is 0 Å². The first-order valence-corrected chi connectivity index (χ1v) is 5.77. The number of aryl methyl sites for hydroxylation is 2. The van der Waals surface area contributed by atoms with Crippen LogP contribution in [0, 0.1) is 13.8 Å². The van der Waals surface area contributed by atoms with Crippen molar-refractivity contribution in [2.75, 3.05) is 7.11 Å². The van der Waals surface area contributed by atoms with Gasteiger partial charge in [-0.3, -0.25) is 4.79 Å². The summed E-state index contributed by atoms with van der Waals surface area (Å²) in [4.78, 5) is 22.6. The van der Waals surface area contributed by atoms with E-state index in [1.165, 1.54) is 7.11 Å². The van der Waals surface area contributed by atoms with Crippen LogP contribution in [-0.2, 0) is 11.2 Å². The highest BCUT2D eigenvalue weighted by molar-refractivity contribution is 5.86. The molecule has 0 saturated heterocycles. The molecule has 100 valence electrons. The van der Waals surface area contributed by atoms with Gasteiger partial charge in [0.05, 0.1) is 19.1 Å². The Morgan fingerprint density at radius 2 is 2.00 bits per heavy atom. The van der Waals surface area contributed by atoms with E-state index in [-0.39, 0.29) is 12.0 Å². The van der Waals surface area contributed by atoms with Crippen LogP contribution in [0.25, 0.3) is 11.0 Å². The van der Waals surface area contributed by atoms with Gasteiger partial charge in [-0.15, -0.1) is 0 Å². The molecule has 0 aliphatic heterocycles. The van der Waals surface area contributed by atoms with Gasteiger partial charge in [0.25, 0.3) is 0 Å². The summed E-state index contributed by atoms with van der Waals surface area (Å²) in [5, 5.41) is 9.55.